The molecule has 3 rings (SSSR count). The number of rotatable bonds is 6. The van der Waals surface area contributed by atoms with E-state index in [1.54, 1.807) is 12.7 Å². The largest absolute Gasteiger partial charge is 0.465 e. The molecule has 1 atom stereocenters. The fourth-order valence-corrected chi connectivity index (χ4v) is 2.29. The SMILES string of the molecule is Cc1ccc(CN[C@@H](Cn2cncn2)c2ccccc2)o1. The van der Waals surface area contributed by atoms with Crippen molar-refractivity contribution in [3.63, 3.8) is 0 Å². The van der Waals surface area contributed by atoms with Gasteiger partial charge in [-0.3, -0.25) is 4.68 Å². The molecule has 0 spiro atoms. The summed E-state index contributed by atoms with van der Waals surface area (Å²) in [7, 11) is 0. The van der Waals surface area contributed by atoms with Crippen molar-refractivity contribution in [2.45, 2.75) is 26.1 Å². The lowest BCUT2D eigenvalue weighted by Gasteiger charge is -2.18. The van der Waals surface area contributed by atoms with Crippen molar-refractivity contribution >= 4 is 0 Å². The minimum atomic E-state index is 0.151. The van der Waals surface area contributed by atoms with Crippen molar-refractivity contribution in [2.24, 2.45) is 0 Å². The number of furan rings is 1. The number of aryl methyl sites for hydroxylation is 1. The second-order valence-corrected chi connectivity index (χ2v) is 4.97. The summed E-state index contributed by atoms with van der Waals surface area (Å²) in [5.74, 6) is 1.87. The number of nitrogens with one attached hydrogen (secondary N) is 1. The zero-order valence-corrected chi connectivity index (χ0v) is 11.9. The Labute approximate surface area is 123 Å². The lowest BCUT2D eigenvalue weighted by molar-refractivity contribution is 0.399. The highest BCUT2D eigenvalue weighted by molar-refractivity contribution is 5.19. The Morgan fingerprint density at radius 3 is 2.71 bits per heavy atom. The molecular weight excluding hydrogens is 264 g/mol. The van der Waals surface area contributed by atoms with Crippen molar-refractivity contribution in [1.82, 2.24) is 20.1 Å². The molecule has 0 saturated carbocycles. The maximum absolute atomic E-state index is 5.61. The van der Waals surface area contributed by atoms with Gasteiger partial charge in [0.2, 0.25) is 0 Å². The summed E-state index contributed by atoms with van der Waals surface area (Å²) in [5.41, 5.74) is 1.22. The first-order chi connectivity index (χ1) is 10.3. The quantitative estimate of drug-likeness (QED) is 0.755. The maximum atomic E-state index is 5.61. The van der Waals surface area contributed by atoms with Crippen molar-refractivity contribution < 1.29 is 4.42 Å². The highest BCUT2D eigenvalue weighted by Crippen LogP contribution is 2.16. The van der Waals surface area contributed by atoms with E-state index in [0.717, 1.165) is 18.1 Å². The van der Waals surface area contributed by atoms with Crippen molar-refractivity contribution in [2.75, 3.05) is 0 Å². The smallest absolute Gasteiger partial charge is 0.137 e. The van der Waals surface area contributed by atoms with Crippen LogP contribution in [0, 0.1) is 6.92 Å². The van der Waals surface area contributed by atoms with Crippen LogP contribution in [0.1, 0.15) is 23.1 Å². The molecule has 0 saturated heterocycles. The highest BCUT2D eigenvalue weighted by Gasteiger charge is 2.13. The third-order valence-electron chi connectivity index (χ3n) is 3.36. The molecule has 5 heteroatoms. The van der Waals surface area contributed by atoms with Crippen molar-refractivity contribution in [3.8, 4) is 0 Å². The molecule has 3 aromatic rings. The third-order valence-corrected chi connectivity index (χ3v) is 3.36. The molecule has 108 valence electrons. The Bertz CT molecular complexity index is 661. The van der Waals surface area contributed by atoms with Crippen LogP contribution in [0.15, 0.2) is 59.5 Å². The highest BCUT2D eigenvalue weighted by atomic mass is 16.3. The van der Waals surface area contributed by atoms with E-state index in [1.165, 1.54) is 5.56 Å². The predicted octanol–water partition coefficient (Wildman–Crippen LogP) is 2.71. The molecule has 1 N–H and O–H groups in total. The number of benzene rings is 1. The van der Waals surface area contributed by atoms with Gasteiger partial charge in [-0.1, -0.05) is 30.3 Å². The first-order valence-corrected chi connectivity index (χ1v) is 6.97. The molecule has 5 nitrogen and oxygen atoms in total. The Kier molecular flexibility index (Phi) is 4.12. The summed E-state index contributed by atoms with van der Waals surface area (Å²) in [4.78, 5) is 4.00. The van der Waals surface area contributed by atoms with Crippen LogP contribution in [0.5, 0.6) is 0 Å². The Hall–Kier alpha value is -2.40. The van der Waals surface area contributed by atoms with Crippen LogP contribution in [0.4, 0.5) is 0 Å². The summed E-state index contributed by atoms with van der Waals surface area (Å²) in [6.07, 6.45) is 3.28. The minimum absolute atomic E-state index is 0.151. The zero-order chi connectivity index (χ0) is 14.5. The van der Waals surface area contributed by atoms with Gasteiger partial charge in [0.15, 0.2) is 0 Å². The van der Waals surface area contributed by atoms with Crippen LogP contribution in [0.3, 0.4) is 0 Å². The summed E-state index contributed by atoms with van der Waals surface area (Å²) < 4.78 is 7.44. The number of hydrogen-bond donors (Lipinski definition) is 1. The van der Waals surface area contributed by atoms with E-state index in [-0.39, 0.29) is 6.04 Å². The molecule has 0 unspecified atom stereocenters. The average Bonchev–Trinajstić information content (AvgIpc) is 3.16. The fraction of sp³-hybridized carbons (Fsp3) is 0.250. The van der Waals surface area contributed by atoms with Gasteiger partial charge < -0.3 is 9.73 Å². The number of aromatic nitrogens is 3. The number of hydrogen-bond acceptors (Lipinski definition) is 4. The molecule has 2 heterocycles. The minimum Gasteiger partial charge on any atom is -0.465 e. The molecule has 0 aliphatic carbocycles. The summed E-state index contributed by atoms with van der Waals surface area (Å²) in [6, 6.07) is 14.5. The average molecular weight is 282 g/mol. The Balaban J connectivity index is 1.72. The normalized spacial score (nSPS) is 12.4. The standard InChI is InChI=1S/C16H18N4O/c1-13-7-8-15(21-13)9-18-16(10-20-12-17-11-19-20)14-5-3-2-4-6-14/h2-8,11-12,16,18H,9-10H2,1H3/t16-/m0/s1. The zero-order valence-electron chi connectivity index (χ0n) is 11.9. The van der Waals surface area contributed by atoms with E-state index < -0.39 is 0 Å². The van der Waals surface area contributed by atoms with Gasteiger partial charge in [0, 0.05) is 0 Å². The van der Waals surface area contributed by atoms with Crippen LogP contribution in [-0.2, 0) is 13.1 Å². The van der Waals surface area contributed by atoms with Crippen molar-refractivity contribution in [3.05, 3.63) is 72.2 Å². The third kappa shape index (κ3) is 3.58. The van der Waals surface area contributed by atoms with E-state index >= 15 is 0 Å². The maximum Gasteiger partial charge on any atom is 0.137 e. The van der Waals surface area contributed by atoms with Crippen molar-refractivity contribution in [1.29, 1.82) is 0 Å². The summed E-state index contributed by atoms with van der Waals surface area (Å²) in [5, 5.41) is 7.70. The van der Waals surface area contributed by atoms with E-state index in [0.29, 0.717) is 6.54 Å². The molecule has 0 fully saturated rings. The molecular formula is C16H18N4O. The molecule has 0 bridgehead atoms. The Morgan fingerprint density at radius 2 is 2.05 bits per heavy atom. The van der Waals surface area contributed by atoms with Crippen LogP contribution in [-0.4, -0.2) is 14.8 Å². The van der Waals surface area contributed by atoms with Gasteiger partial charge in [0.25, 0.3) is 0 Å². The molecule has 21 heavy (non-hydrogen) atoms. The van der Waals surface area contributed by atoms with Gasteiger partial charge in [0.1, 0.15) is 24.2 Å². The first-order valence-electron chi connectivity index (χ1n) is 6.97. The van der Waals surface area contributed by atoms with Gasteiger partial charge in [-0.2, -0.15) is 5.10 Å². The lowest BCUT2D eigenvalue weighted by Crippen LogP contribution is -2.25. The topological polar surface area (TPSA) is 55.9 Å². The second-order valence-electron chi connectivity index (χ2n) is 4.97. The molecule has 0 aliphatic rings. The Morgan fingerprint density at radius 1 is 1.19 bits per heavy atom. The molecule has 0 amide bonds. The van der Waals surface area contributed by atoms with E-state index in [4.69, 9.17) is 4.42 Å². The van der Waals surface area contributed by atoms with Crippen LogP contribution in [0.25, 0.3) is 0 Å². The van der Waals surface area contributed by atoms with Gasteiger partial charge in [0.05, 0.1) is 19.1 Å². The van der Waals surface area contributed by atoms with Gasteiger partial charge in [-0.15, -0.1) is 0 Å². The van der Waals surface area contributed by atoms with Crippen LogP contribution < -0.4 is 5.32 Å². The van der Waals surface area contributed by atoms with Crippen LogP contribution >= 0.6 is 0 Å². The molecule has 0 radical (unpaired) electrons. The molecule has 1 aromatic carbocycles. The van der Waals surface area contributed by atoms with Gasteiger partial charge in [-0.25, -0.2) is 4.98 Å². The van der Waals surface area contributed by atoms with E-state index in [2.05, 4.69) is 27.5 Å². The fourth-order valence-electron chi connectivity index (χ4n) is 2.29. The number of nitrogens with zero attached hydrogens (tertiary/aromatic N) is 3. The monoisotopic (exact) mass is 282 g/mol. The summed E-state index contributed by atoms with van der Waals surface area (Å²) in [6.45, 7) is 3.36. The van der Waals surface area contributed by atoms with Crippen LogP contribution in [0.2, 0.25) is 0 Å². The molecule has 0 aliphatic heterocycles. The molecule has 2 aromatic heterocycles. The second kappa shape index (κ2) is 6.37. The first kappa shape index (κ1) is 13.6. The van der Waals surface area contributed by atoms with E-state index in [1.807, 2.05) is 41.9 Å². The van der Waals surface area contributed by atoms with E-state index in [9.17, 15) is 0 Å². The lowest BCUT2D eigenvalue weighted by atomic mass is 10.1. The summed E-state index contributed by atoms with van der Waals surface area (Å²) >= 11 is 0. The van der Waals surface area contributed by atoms with Gasteiger partial charge >= 0.3 is 0 Å². The predicted molar refractivity (Wildman–Crippen MR) is 79.5 cm³/mol. The van der Waals surface area contributed by atoms with Gasteiger partial charge in [-0.05, 0) is 24.6 Å².